The minimum absolute atomic E-state index is 0.0590. The fourth-order valence-corrected chi connectivity index (χ4v) is 2.72. The summed E-state index contributed by atoms with van der Waals surface area (Å²) >= 11 is 0. The monoisotopic (exact) mass is 396 g/mol. The van der Waals surface area contributed by atoms with Crippen LogP contribution in [-0.4, -0.2) is 27.6 Å². The van der Waals surface area contributed by atoms with E-state index in [4.69, 9.17) is 4.74 Å². The molecule has 0 saturated carbocycles. The molecule has 3 aromatic rings. The standard InChI is InChI=1S/C18H16F4N4O2/c1-9-6-15(18(20,21)22)26-16(23-9)8-13(25-26)17(27)24-10(2)11-4-5-14(28-3)12(19)7-11/h4-8,10H,1-3H3,(H,24,27). The van der Waals surface area contributed by atoms with Crippen LogP contribution in [0.4, 0.5) is 17.6 Å². The first kappa shape index (κ1) is 19.6. The molecule has 28 heavy (non-hydrogen) atoms. The molecule has 10 heteroatoms. The van der Waals surface area contributed by atoms with E-state index in [0.717, 1.165) is 6.07 Å². The normalized spacial score (nSPS) is 12.8. The summed E-state index contributed by atoms with van der Waals surface area (Å²) in [4.78, 5) is 16.4. The molecular weight excluding hydrogens is 380 g/mol. The van der Waals surface area contributed by atoms with E-state index in [0.29, 0.717) is 10.1 Å². The van der Waals surface area contributed by atoms with Crippen LogP contribution in [0.25, 0.3) is 5.65 Å². The maximum absolute atomic E-state index is 13.8. The summed E-state index contributed by atoms with van der Waals surface area (Å²) in [7, 11) is 1.33. The molecule has 6 nitrogen and oxygen atoms in total. The van der Waals surface area contributed by atoms with Crippen LogP contribution >= 0.6 is 0 Å². The molecule has 0 saturated heterocycles. The number of amides is 1. The zero-order chi connectivity index (χ0) is 20.6. The fraction of sp³-hybridized carbons (Fsp3) is 0.278. The maximum atomic E-state index is 13.8. The van der Waals surface area contributed by atoms with Crippen molar-refractivity contribution in [3.05, 3.63) is 58.8 Å². The largest absolute Gasteiger partial charge is 0.494 e. The van der Waals surface area contributed by atoms with E-state index in [1.165, 1.54) is 32.2 Å². The van der Waals surface area contributed by atoms with E-state index in [9.17, 15) is 22.4 Å². The second-order valence-electron chi connectivity index (χ2n) is 6.17. The third kappa shape index (κ3) is 3.75. The highest BCUT2D eigenvalue weighted by Gasteiger charge is 2.35. The number of hydrogen-bond acceptors (Lipinski definition) is 4. The molecule has 3 rings (SSSR count). The molecule has 1 atom stereocenters. The van der Waals surface area contributed by atoms with Gasteiger partial charge in [0.15, 0.2) is 22.9 Å². The number of hydrogen-bond donors (Lipinski definition) is 1. The molecule has 0 spiro atoms. The minimum Gasteiger partial charge on any atom is -0.494 e. The van der Waals surface area contributed by atoms with Crippen molar-refractivity contribution in [3.8, 4) is 5.75 Å². The lowest BCUT2D eigenvalue weighted by molar-refractivity contribution is -0.142. The zero-order valence-corrected chi connectivity index (χ0v) is 15.1. The number of rotatable bonds is 4. The Labute approximate surface area is 157 Å². The zero-order valence-electron chi connectivity index (χ0n) is 15.1. The van der Waals surface area contributed by atoms with E-state index in [2.05, 4.69) is 15.4 Å². The number of methoxy groups -OCH3 is 1. The molecule has 1 aromatic carbocycles. The molecular formula is C18H16F4N4O2. The number of halogens is 4. The van der Waals surface area contributed by atoms with Crippen LogP contribution in [0.1, 0.15) is 40.4 Å². The molecule has 0 bridgehead atoms. The van der Waals surface area contributed by atoms with Gasteiger partial charge in [-0.05, 0) is 37.6 Å². The van der Waals surface area contributed by atoms with Crippen molar-refractivity contribution in [2.75, 3.05) is 7.11 Å². The van der Waals surface area contributed by atoms with Gasteiger partial charge in [-0.1, -0.05) is 6.07 Å². The van der Waals surface area contributed by atoms with Crippen molar-refractivity contribution in [1.29, 1.82) is 0 Å². The fourth-order valence-electron chi connectivity index (χ4n) is 2.72. The highest BCUT2D eigenvalue weighted by atomic mass is 19.4. The van der Waals surface area contributed by atoms with E-state index in [-0.39, 0.29) is 22.8 Å². The Morgan fingerprint density at radius 2 is 1.96 bits per heavy atom. The molecule has 0 radical (unpaired) electrons. The predicted molar refractivity (Wildman–Crippen MR) is 91.6 cm³/mol. The van der Waals surface area contributed by atoms with Crippen LogP contribution in [0.3, 0.4) is 0 Å². The number of alkyl halides is 3. The molecule has 2 aromatic heterocycles. The van der Waals surface area contributed by atoms with Crippen molar-refractivity contribution < 1.29 is 27.1 Å². The number of nitrogens with one attached hydrogen (secondary N) is 1. The Bertz CT molecular complexity index is 1050. The molecule has 0 fully saturated rings. The first-order valence-corrected chi connectivity index (χ1v) is 8.19. The molecule has 148 valence electrons. The summed E-state index contributed by atoms with van der Waals surface area (Å²) in [5.41, 5.74) is -0.751. The first-order valence-electron chi connectivity index (χ1n) is 8.19. The van der Waals surface area contributed by atoms with Crippen LogP contribution in [0, 0.1) is 12.7 Å². The van der Waals surface area contributed by atoms with Crippen LogP contribution in [0.15, 0.2) is 30.3 Å². The molecule has 2 heterocycles. The van der Waals surface area contributed by atoms with Crippen molar-refractivity contribution in [3.63, 3.8) is 0 Å². The highest BCUT2D eigenvalue weighted by Crippen LogP contribution is 2.30. The third-order valence-corrected chi connectivity index (χ3v) is 4.10. The van der Waals surface area contributed by atoms with E-state index in [1.807, 2.05) is 0 Å². The Hall–Kier alpha value is -3.17. The lowest BCUT2D eigenvalue weighted by Crippen LogP contribution is -2.27. The van der Waals surface area contributed by atoms with Crippen LogP contribution < -0.4 is 10.1 Å². The molecule has 0 aliphatic carbocycles. The van der Waals surface area contributed by atoms with Crippen molar-refractivity contribution in [2.45, 2.75) is 26.1 Å². The number of nitrogens with zero attached hydrogens (tertiary/aromatic N) is 3. The number of fused-ring (bicyclic) bond motifs is 1. The van der Waals surface area contributed by atoms with Gasteiger partial charge >= 0.3 is 6.18 Å². The molecule has 1 amide bonds. The summed E-state index contributed by atoms with van der Waals surface area (Å²) in [6, 6.07) is 5.60. The Morgan fingerprint density at radius 3 is 2.57 bits per heavy atom. The second-order valence-corrected chi connectivity index (χ2v) is 6.17. The summed E-state index contributed by atoms with van der Waals surface area (Å²) < 4.78 is 58.9. The lowest BCUT2D eigenvalue weighted by Gasteiger charge is -2.14. The van der Waals surface area contributed by atoms with Crippen LogP contribution in [0.5, 0.6) is 5.75 Å². The number of aryl methyl sites for hydroxylation is 1. The van der Waals surface area contributed by atoms with Gasteiger partial charge in [-0.25, -0.2) is 13.9 Å². The number of carbonyl (C=O) groups excluding carboxylic acids is 1. The third-order valence-electron chi connectivity index (χ3n) is 4.10. The molecule has 1 N–H and O–H groups in total. The van der Waals surface area contributed by atoms with Crippen molar-refractivity contribution >= 4 is 11.6 Å². The molecule has 0 aliphatic rings. The second kappa shape index (κ2) is 7.10. The number of benzene rings is 1. The summed E-state index contributed by atoms with van der Waals surface area (Å²) in [5.74, 6) is -1.24. The summed E-state index contributed by atoms with van der Waals surface area (Å²) in [5, 5.41) is 6.32. The van der Waals surface area contributed by atoms with E-state index < -0.39 is 29.6 Å². The van der Waals surface area contributed by atoms with Gasteiger partial charge in [-0.2, -0.15) is 18.3 Å². The van der Waals surface area contributed by atoms with Gasteiger partial charge < -0.3 is 10.1 Å². The average Bonchev–Trinajstić information content (AvgIpc) is 3.03. The Balaban J connectivity index is 1.88. The van der Waals surface area contributed by atoms with Gasteiger partial charge in [0.05, 0.1) is 13.2 Å². The number of carbonyl (C=O) groups is 1. The van der Waals surface area contributed by atoms with Crippen LogP contribution in [-0.2, 0) is 6.18 Å². The van der Waals surface area contributed by atoms with Gasteiger partial charge in [0.1, 0.15) is 5.69 Å². The number of ether oxygens (including phenoxy) is 1. The highest BCUT2D eigenvalue weighted by molar-refractivity contribution is 5.93. The van der Waals surface area contributed by atoms with Crippen LogP contribution in [0.2, 0.25) is 0 Å². The predicted octanol–water partition coefficient (Wildman–Crippen LogP) is 3.70. The van der Waals surface area contributed by atoms with Gasteiger partial charge in [0, 0.05) is 11.8 Å². The van der Waals surface area contributed by atoms with E-state index in [1.54, 1.807) is 13.0 Å². The molecule has 1 unspecified atom stereocenters. The van der Waals surface area contributed by atoms with Gasteiger partial charge in [-0.15, -0.1) is 0 Å². The lowest BCUT2D eigenvalue weighted by atomic mass is 10.1. The summed E-state index contributed by atoms with van der Waals surface area (Å²) in [6.07, 6.45) is -4.65. The smallest absolute Gasteiger partial charge is 0.433 e. The van der Waals surface area contributed by atoms with Gasteiger partial charge in [0.25, 0.3) is 5.91 Å². The molecule has 0 aliphatic heterocycles. The number of aromatic nitrogens is 3. The van der Waals surface area contributed by atoms with Gasteiger partial charge in [0.2, 0.25) is 0 Å². The topological polar surface area (TPSA) is 68.5 Å². The van der Waals surface area contributed by atoms with Crippen molar-refractivity contribution in [2.24, 2.45) is 0 Å². The SMILES string of the molecule is COc1ccc(C(C)NC(=O)c2cc3nc(C)cc(C(F)(F)F)n3n2)cc1F. The summed E-state index contributed by atoms with van der Waals surface area (Å²) in [6.45, 7) is 3.03. The Kier molecular flexibility index (Phi) is 4.97. The van der Waals surface area contributed by atoms with Crippen molar-refractivity contribution in [1.82, 2.24) is 19.9 Å². The Morgan fingerprint density at radius 1 is 1.25 bits per heavy atom. The quantitative estimate of drug-likeness (QED) is 0.683. The van der Waals surface area contributed by atoms with E-state index >= 15 is 0 Å². The first-order chi connectivity index (χ1) is 13.1. The maximum Gasteiger partial charge on any atom is 0.433 e. The van der Waals surface area contributed by atoms with Gasteiger partial charge in [-0.3, -0.25) is 4.79 Å². The average molecular weight is 396 g/mol. The minimum atomic E-state index is -4.65.